The lowest BCUT2D eigenvalue weighted by atomic mass is 10.0. The Morgan fingerprint density at radius 3 is 1.80 bits per heavy atom. The summed E-state index contributed by atoms with van der Waals surface area (Å²) in [5, 5.41) is 4.85. The zero-order chi connectivity index (χ0) is 33.5. The molecule has 51 heavy (non-hydrogen) atoms. The highest BCUT2D eigenvalue weighted by Gasteiger charge is 2.27. The van der Waals surface area contributed by atoms with E-state index in [4.69, 9.17) is 9.97 Å². The second-order valence-electron chi connectivity index (χ2n) is 13.4. The predicted molar refractivity (Wildman–Crippen MR) is 210 cm³/mol. The van der Waals surface area contributed by atoms with Crippen molar-refractivity contribution in [3.8, 4) is 45.3 Å². The molecule has 3 heterocycles. The van der Waals surface area contributed by atoms with Crippen LogP contribution in [0.3, 0.4) is 0 Å². The molecule has 238 valence electrons. The van der Waals surface area contributed by atoms with Gasteiger partial charge in [0.2, 0.25) is 5.95 Å². The topological polar surface area (TPSA) is 35.6 Å². The molecule has 0 bridgehead atoms. The van der Waals surface area contributed by atoms with E-state index in [2.05, 4.69) is 179 Å². The predicted octanol–water partition coefficient (Wildman–Crippen LogP) is 11.6. The molecule has 10 aromatic rings. The minimum absolute atomic E-state index is 0.689. The number of rotatable bonds is 4. The fourth-order valence-electron chi connectivity index (χ4n) is 8.27. The summed E-state index contributed by atoms with van der Waals surface area (Å²) in [4.78, 5) is 10.8. The van der Waals surface area contributed by atoms with E-state index in [-0.39, 0.29) is 0 Å². The summed E-state index contributed by atoms with van der Waals surface area (Å²) in [7, 11) is 0. The average molecular weight is 651 g/mol. The van der Waals surface area contributed by atoms with Crippen LogP contribution in [0.4, 0.5) is 0 Å². The van der Waals surface area contributed by atoms with Gasteiger partial charge in [-0.3, -0.25) is 4.57 Å². The summed E-state index contributed by atoms with van der Waals surface area (Å²) >= 11 is 0. The first kappa shape index (κ1) is 28.1. The van der Waals surface area contributed by atoms with Crippen molar-refractivity contribution in [2.75, 3.05) is 0 Å². The second-order valence-corrected chi connectivity index (χ2v) is 13.4. The summed E-state index contributed by atoms with van der Waals surface area (Å²) in [6, 6.07) is 60.8. The molecule has 0 saturated heterocycles. The molecule has 3 aromatic heterocycles. The van der Waals surface area contributed by atoms with Gasteiger partial charge in [0, 0.05) is 50.3 Å². The number of hydrogen-bond donors (Lipinski definition) is 0. The summed E-state index contributed by atoms with van der Waals surface area (Å²) in [5.41, 5.74) is 14.9. The van der Waals surface area contributed by atoms with Gasteiger partial charge in [0.05, 0.1) is 33.5 Å². The van der Waals surface area contributed by atoms with Crippen LogP contribution in [0.15, 0.2) is 170 Å². The Morgan fingerprint density at radius 1 is 0.392 bits per heavy atom. The van der Waals surface area contributed by atoms with Crippen LogP contribution >= 0.6 is 0 Å². The Kier molecular flexibility index (Phi) is 5.98. The highest BCUT2D eigenvalue weighted by atomic mass is 15.2. The molecule has 0 unspecified atom stereocenters. The van der Waals surface area contributed by atoms with Gasteiger partial charge in [-0.15, -0.1) is 0 Å². The minimum atomic E-state index is 0.689. The van der Waals surface area contributed by atoms with Crippen LogP contribution in [-0.4, -0.2) is 19.1 Å². The van der Waals surface area contributed by atoms with Crippen LogP contribution in [-0.2, 0) is 6.42 Å². The van der Waals surface area contributed by atoms with Gasteiger partial charge in [0.15, 0.2) is 0 Å². The fraction of sp³-hybridized carbons (Fsp3) is 0.0213. The molecule has 11 rings (SSSR count). The normalized spacial score (nSPS) is 12.2. The van der Waals surface area contributed by atoms with Crippen LogP contribution in [0.2, 0.25) is 0 Å². The summed E-state index contributed by atoms with van der Waals surface area (Å²) in [6.45, 7) is 0. The standard InChI is InChI=1S/C47H30N4/c1-3-13-30(14-4-1)45-40-28-33-15-7-8-18-35(33)46(40)49-47(48-45)51-42-22-12-9-19-36(42)38-25-23-32(29-44(38)51)31-24-26-43-39(27-31)37-20-10-11-21-41(37)50(43)34-16-5-2-6-17-34/h1-27,29H,28H2. The SMILES string of the molecule is c1ccc(-c2nc(-n3c4ccccc4c4ccc(-c5ccc6c(c5)c5ccccc5n6-c5ccccc5)cc43)nc3c2Cc2ccccc2-3)cc1. The maximum Gasteiger partial charge on any atom is 0.235 e. The number of nitrogens with zero attached hydrogens (tertiary/aromatic N) is 4. The monoisotopic (exact) mass is 650 g/mol. The van der Waals surface area contributed by atoms with Crippen molar-refractivity contribution in [3.05, 3.63) is 181 Å². The minimum Gasteiger partial charge on any atom is -0.309 e. The van der Waals surface area contributed by atoms with Crippen molar-refractivity contribution in [1.82, 2.24) is 19.1 Å². The zero-order valence-corrected chi connectivity index (χ0v) is 27.7. The first-order chi connectivity index (χ1) is 25.3. The van der Waals surface area contributed by atoms with Gasteiger partial charge in [-0.25, -0.2) is 9.97 Å². The van der Waals surface area contributed by atoms with E-state index >= 15 is 0 Å². The first-order valence-corrected chi connectivity index (χ1v) is 17.5. The molecule has 0 radical (unpaired) electrons. The number of hydrogen-bond acceptors (Lipinski definition) is 2. The number of fused-ring (bicyclic) bond motifs is 9. The van der Waals surface area contributed by atoms with E-state index < -0.39 is 0 Å². The zero-order valence-electron chi connectivity index (χ0n) is 27.7. The Balaban J connectivity index is 1.15. The number of benzene rings is 7. The lowest BCUT2D eigenvalue weighted by molar-refractivity contribution is 0.985. The molecule has 0 amide bonds. The third-order valence-electron chi connectivity index (χ3n) is 10.6. The number of para-hydroxylation sites is 3. The molecule has 0 saturated carbocycles. The summed E-state index contributed by atoms with van der Waals surface area (Å²) in [6.07, 6.45) is 0.830. The molecule has 1 aliphatic rings. The first-order valence-electron chi connectivity index (χ1n) is 17.5. The molecule has 4 nitrogen and oxygen atoms in total. The van der Waals surface area contributed by atoms with Gasteiger partial charge in [0.25, 0.3) is 0 Å². The molecule has 0 fully saturated rings. The van der Waals surface area contributed by atoms with Gasteiger partial charge in [-0.2, -0.15) is 0 Å². The van der Waals surface area contributed by atoms with Crippen LogP contribution < -0.4 is 0 Å². The molecule has 4 heteroatoms. The summed E-state index contributed by atoms with van der Waals surface area (Å²) in [5.74, 6) is 0.689. The molecule has 0 aliphatic heterocycles. The Hall–Kier alpha value is -6.78. The van der Waals surface area contributed by atoms with Gasteiger partial charge in [0.1, 0.15) is 0 Å². The lowest BCUT2D eigenvalue weighted by Gasteiger charge is -2.13. The van der Waals surface area contributed by atoms with Crippen LogP contribution in [0.5, 0.6) is 0 Å². The molecule has 0 atom stereocenters. The molecule has 1 aliphatic carbocycles. The van der Waals surface area contributed by atoms with E-state index in [1.807, 2.05) is 0 Å². The van der Waals surface area contributed by atoms with E-state index in [1.165, 1.54) is 54.8 Å². The van der Waals surface area contributed by atoms with E-state index in [0.29, 0.717) is 5.95 Å². The van der Waals surface area contributed by atoms with Crippen LogP contribution in [0, 0.1) is 0 Å². The lowest BCUT2D eigenvalue weighted by Crippen LogP contribution is -2.05. The third kappa shape index (κ3) is 4.20. The Bertz CT molecular complexity index is 2990. The van der Waals surface area contributed by atoms with E-state index in [0.717, 1.165) is 45.7 Å². The fourth-order valence-corrected chi connectivity index (χ4v) is 8.27. The van der Waals surface area contributed by atoms with Gasteiger partial charge in [-0.1, -0.05) is 127 Å². The van der Waals surface area contributed by atoms with Crippen molar-refractivity contribution >= 4 is 43.6 Å². The molecular weight excluding hydrogens is 621 g/mol. The molecule has 0 spiro atoms. The molecular formula is C47H30N4. The van der Waals surface area contributed by atoms with Crippen LogP contribution in [0.1, 0.15) is 11.1 Å². The second kappa shape index (κ2) is 10.9. The van der Waals surface area contributed by atoms with Crippen LogP contribution in [0.25, 0.3) is 88.9 Å². The summed E-state index contributed by atoms with van der Waals surface area (Å²) < 4.78 is 4.63. The van der Waals surface area contributed by atoms with Gasteiger partial charge >= 0.3 is 0 Å². The number of aromatic nitrogens is 4. The average Bonchev–Trinajstić information content (AvgIpc) is 3.85. The van der Waals surface area contributed by atoms with Crippen molar-refractivity contribution < 1.29 is 0 Å². The maximum atomic E-state index is 5.40. The Morgan fingerprint density at radius 2 is 0.980 bits per heavy atom. The van der Waals surface area contributed by atoms with Crippen molar-refractivity contribution in [1.29, 1.82) is 0 Å². The molecule has 7 aromatic carbocycles. The third-order valence-corrected chi connectivity index (χ3v) is 10.6. The molecule has 0 N–H and O–H groups in total. The van der Waals surface area contributed by atoms with Crippen molar-refractivity contribution in [3.63, 3.8) is 0 Å². The quantitative estimate of drug-likeness (QED) is 0.190. The van der Waals surface area contributed by atoms with Crippen molar-refractivity contribution in [2.24, 2.45) is 0 Å². The Labute approximate surface area is 294 Å². The van der Waals surface area contributed by atoms with Gasteiger partial charge in [-0.05, 0) is 59.2 Å². The largest absolute Gasteiger partial charge is 0.309 e. The van der Waals surface area contributed by atoms with E-state index in [9.17, 15) is 0 Å². The smallest absolute Gasteiger partial charge is 0.235 e. The highest BCUT2D eigenvalue weighted by Crippen LogP contribution is 2.42. The van der Waals surface area contributed by atoms with E-state index in [1.54, 1.807) is 0 Å². The highest BCUT2D eigenvalue weighted by molar-refractivity contribution is 6.12. The maximum absolute atomic E-state index is 5.40. The van der Waals surface area contributed by atoms with Gasteiger partial charge < -0.3 is 4.57 Å². The van der Waals surface area contributed by atoms with Crippen molar-refractivity contribution in [2.45, 2.75) is 6.42 Å².